The van der Waals surface area contributed by atoms with E-state index in [1.54, 1.807) is 16.7 Å². The number of hydrogen-bond acceptors (Lipinski definition) is 4. The summed E-state index contributed by atoms with van der Waals surface area (Å²) in [6, 6.07) is 25.5. The fourth-order valence-corrected chi connectivity index (χ4v) is 4.29. The summed E-state index contributed by atoms with van der Waals surface area (Å²) in [6.45, 7) is 0.924. The zero-order valence-electron chi connectivity index (χ0n) is 16.5. The molecule has 1 saturated heterocycles. The van der Waals surface area contributed by atoms with Crippen LogP contribution in [0.2, 0.25) is 0 Å². The molecule has 2 amide bonds. The third-order valence-electron chi connectivity index (χ3n) is 4.83. The second-order valence-electron chi connectivity index (χ2n) is 7.01. The zero-order chi connectivity index (χ0) is 20.8. The van der Waals surface area contributed by atoms with Crippen LogP contribution in [0.4, 0.5) is 17.1 Å². The Morgan fingerprint density at radius 1 is 0.933 bits per heavy atom. The number of carbonyl (C=O) groups is 2. The highest BCUT2D eigenvalue weighted by Crippen LogP contribution is 2.33. The molecule has 30 heavy (non-hydrogen) atoms. The molecular formula is C24H23N3O2S. The van der Waals surface area contributed by atoms with E-state index >= 15 is 0 Å². The van der Waals surface area contributed by atoms with Crippen LogP contribution in [0.15, 0.2) is 88.7 Å². The van der Waals surface area contributed by atoms with Crippen molar-refractivity contribution in [2.75, 3.05) is 28.6 Å². The fourth-order valence-electron chi connectivity index (χ4n) is 3.34. The normalized spacial score (nSPS) is 13.3. The number of anilines is 3. The van der Waals surface area contributed by atoms with E-state index in [0.29, 0.717) is 12.1 Å². The van der Waals surface area contributed by atoms with Crippen LogP contribution in [0, 0.1) is 0 Å². The van der Waals surface area contributed by atoms with Crippen molar-refractivity contribution in [2.45, 2.75) is 22.6 Å². The van der Waals surface area contributed by atoms with Crippen molar-refractivity contribution in [2.24, 2.45) is 0 Å². The molecule has 0 aliphatic carbocycles. The lowest BCUT2D eigenvalue weighted by Gasteiger charge is -2.16. The molecular weight excluding hydrogens is 394 g/mol. The number of amides is 2. The molecule has 0 aromatic heterocycles. The highest BCUT2D eigenvalue weighted by Gasteiger charge is 2.21. The smallest absolute Gasteiger partial charge is 0.243 e. The summed E-state index contributed by atoms with van der Waals surface area (Å²) in [4.78, 5) is 28.2. The number of carbonyl (C=O) groups excluding carboxylic acids is 2. The molecule has 4 rings (SSSR count). The van der Waals surface area contributed by atoms with Crippen LogP contribution in [0.25, 0.3) is 0 Å². The van der Waals surface area contributed by atoms with Crippen LogP contribution in [0.5, 0.6) is 0 Å². The highest BCUT2D eigenvalue weighted by atomic mass is 32.2. The molecule has 0 atom stereocenters. The van der Waals surface area contributed by atoms with Gasteiger partial charge in [-0.15, -0.1) is 0 Å². The lowest BCUT2D eigenvalue weighted by molar-refractivity contribution is -0.117. The van der Waals surface area contributed by atoms with Crippen molar-refractivity contribution >= 4 is 40.6 Å². The van der Waals surface area contributed by atoms with Crippen molar-refractivity contribution in [3.63, 3.8) is 0 Å². The molecule has 0 spiro atoms. The van der Waals surface area contributed by atoms with Crippen molar-refractivity contribution in [1.82, 2.24) is 0 Å². The molecule has 0 saturated carbocycles. The first-order valence-electron chi connectivity index (χ1n) is 9.95. The van der Waals surface area contributed by atoms with Crippen molar-refractivity contribution in [1.29, 1.82) is 0 Å². The van der Waals surface area contributed by atoms with Crippen molar-refractivity contribution in [3.05, 3.63) is 78.9 Å². The van der Waals surface area contributed by atoms with Gasteiger partial charge >= 0.3 is 0 Å². The Hall–Kier alpha value is -3.25. The van der Waals surface area contributed by atoms with E-state index < -0.39 is 0 Å². The quantitative estimate of drug-likeness (QED) is 0.567. The van der Waals surface area contributed by atoms with E-state index in [9.17, 15) is 9.59 Å². The summed E-state index contributed by atoms with van der Waals surface area (Å²) in [5, 5.41) is 6.13. The summed E-state index contributed by atoms with van der Waals surface area (Å²) in [5.74, 6) is 0.0301. The molecule has 5 nitrogen and oxygen atoms in total. The van der Waals surface area contributed by atoms with Crippen LogP contribution < -0.4 is 15.5 Å². The average molecular weight is 418 g/mol. The number of nitrogens with one attached hydrogen (secondary N) is 2. The second-order valence-corrected chi connectivity index (χ2v) is 8.12. The van der Waals surface area contributed by atoms with Gasteiger partial charge in [0.15, 0.2) is 0 Å². The number of para-hydroxylation sites is 1. The van der Waals surface area contributed by atoms with Gasteiger partial charge in [0.2, 0.25) is 11.8 Å². The van der Waals surface area contributed by atoms with Crippen LogP contribution in [0.1, 0.15) is 12.8 Å². The fraction of sp³-hybridized carbons (Fsp3) is 0.167. The summed E-state index contributed by atoms with van der Waals surface area (Å²) in [6.07, 6.45) is 1.50. The van der Waals surface area contributed by atoms with Gasteiger partial charge in [0.1, 0.15) is 0 Å². The Morgan fingerprint density at radius 2 is 1.67 bits per heavy atom. The first-order valence-corrected chi connectivity index (χ1v) is 10.8. The van der Waals surface area contributed by atoms with Crippen LogP contribution in [-0.4, -0.2) is 24.9 Å². The Morgan fingerprint density at radius 3 is 2.40 bits per heavy atom. The summed E-state index contributed by atoms with van der Waals surface area (Å²) in [5.41, 5.74) is 2.51. The Balaban J connectivity index is 1.33. The minimum absolute atomic E-state index is 0.125. The van der Waals surface area contributed by atoms with Crippen molar-refractivity contribution in [3.8, 4) is 0 Å². The number of nitrogens with zero attached hydrogens (tertiary/aromatic N) is 1. The summed E-state index contributed by atoms with van der Waals surface area (Å²) < 4.78 is 0. The maximum atomic E-state index is 12.4. The maximum absolute atomic E-state index is 12.4. The molecule has 1 heterocycles. The van der Waals surface area contributed by atoms with Crippen LogP contribution in [0.3, 0.4) is 0 Å². The molecule has 0 unspecified atom stereocenters. The highest BCUT2D eigenvalue weighted by molar-refractivity contribution is 7.99. The minimum Gasteiger partial charge on any atom is -0.375 e. The lowest BCUT2D eigenvalue weighted by atomic mass is 10.2. The monoisotopic (exact) mass is 417 g/mol. The number of hydrogen-bond donors (Lipinski definition) is 2. The molecule has 2 N–H and O–H groups in total. The van der Waals surface area contributed by atoms with Gasteiger partial charge in [-0.3, -0.25) is 9.59 Å². The predicted octanol–water partition coefficient (Wildman–Crippen LogP) is 5.02. The van der Waals surface area contributed by atoms with Gasteiger partial charge in [-0.25, -0.2) is 0 Å². The zero-order valence-corrected chi connectivity index (χ0v) is 17.3. The predicted molar refractivity (Wildman–Crippen MR) is 122 cm³/mol. The van der Waals surface area contributed by atoms with Gasteiger partial charge in [0, 0.05) is 39.8 Å². The lowest BCUT2D eigenvalue weighted by Crippen LogP contribution is -2.24. The Labute approximate surface area is 180 Å². The first-order chi connectivity index (χ1) is 14.7. The number of benzene rings is 3. The second kappa shape index (κ2) is 9.50. The van der Waals surface area contributed by atoms with Crippen LogP contribution >= 0.6 is 11.8 Å². The maximum Gasteiger partial charge on any atom is 0.243 e. The number of rotatable bonds is 7. The van der Waals surface area contributed by atoms with E-state index in [0.717, 1.165) is 34.1 Å². The summed E-state index contributed by atoms with van der Waals surface area (Å²) >= 11 is 1.66. The molecule has 1 fully saturated rings. The molecule has 152 valence electrons. The largest absolute Gasteiger partial charge is 0.375 e. The molecule has 3 aromatic carbocycles. The van der Waals surface area contributed by atoms with Gasteiger partial charge in [0.05, 0.1) is 6.54 Å². The first kappa shape index (κ1) is 20.0. The van der Waals surface area contributed by atoms with Crippen LogP contribution in [-0.2, 0) is 9.59 Å². The molecule has 6 heteroatoms. The van der Waals surface area contributed by atoms with E-state index in [1.165, 1.54) is 0 Å². The average Bonchev–Trinajstić information content (AvgIpc) is 3.20. The van der Waals surface area contributed by atoms with E-state index in [1.807, 2.05) is 66.7 Å². The van der Waals surface area contributed by atoms with Crippen molar-refractivity contribution < 1.29 is 9.59 Å². The van der Waals surface area contributed by atoms with E-state index in [4.69, 9.17) is 0 Å². The third kappa shape index (κ3) is 5.02. The van der Waals surface area contributed by atoms with Gasteiger partial charge in [-0.05, 0) is 55.0 Å². The Kier molecular flexibility index (Phi) is 6.35. The van der Waals surface area contributed by atoms with Gasteiger partial charge in [0.25, 0.3) is 0 Å². The standard InChI is InChI=1S/C24H23N3O2S/c28-23(26-18-12-14-19(15-13-18)27-16-6-11-24(27)29)17-25-21-9-4-5-10-22(21)30-20-7-2-1-3-8-20/h1-5,7-10,12-15,25H,6,11,16-17H2,(H,26,28). The molecule has 0 radical (unpaired) electrons. The van der Waals surface area contributed by atoms with E-state index in [2.05, 4.69) is 22.8 Å². The molecule has 3 aromatic rings. The third-order valence-corrected chi connectivity index (χ3v) is 5.92. The minimum atomic E-state index is -0.125. The SMILES string of the molecule is O=C(CNc1ccccc1Sc1ccccc1)Nc1ccc(N2CCCC2=O)cc1. The topological polar surface area (TPSA) is 61.4 Å². The molecule has 1 aliphatic heterocycles. The van der Waals surface area contributed by atoms with Gasteiger partial charge < -0.3 is 15.5 Å². The van der Waals surface area contributed by atoms with E-state index in [-0.39, 0.29) is 18.4 Å². The molecule has 0 bridgehead atoms. The van der Waals surface area contributed by atoms with Gasteiger partial charge in [-0.1, -0.05) is 42.1 Å². The molecule has 1 aliphatic rings. The Bertz CT molecular complexity index is 1020. The summed E-state index contributed by atoms with van der Waals surface area (Å²) in [7, 11) is 0. The van der Waals surface area contributed by atoms with Gasteiger partial charge in [-0.2, -0.15) is 0 Å².